The van der Waals surface area contributed by atoms with Gasteiger partial charge in [-0.2, -0.15) is 0 Å². The lowest BCUT2D eigenvalue weighted by Gasteiger charge is -1.80. The molecule has 0 unspecified atom stereocenters. The topological polar surface area (TPSA) is 12.9 Å². The molecular weight excluding hydrogens is 130 g/mol. The Kier molecular flexibility index (Phi) is 0.993. The molecule has 1 nitrogen and oxygen atoms in total. The molecule has 2 aromatic rings. The molecule has 2 rings (SSSR count). The molecular formula is C7H3NS. The summed E-state index contributed by atoms with van der Waals surface area (Å²) in [6.07, 6.45) is 4.60. The Morgan fingerprint density at radius 3 is 3.44 bits per heavy atom. The van der Waals surface area contributed by atoms with Gasteiger partial charge in [0.25, 0.3) is 0 Å². The first-order valence-electron chi connectivity index (χ1n) is 2.59. The summed E-state index contributed by atoms with van der Waals surface area (Å²) in [5.74, 6) is 0. The number of hydrogen-bond donors (Lipinski definition) is 0. The van der Waals surface area contributed by atoms with Gasteiger partial charge in [0.05, 0.1) is 6.20 Å². The standard InChI is InChI=1S/C7H3NS/c1-3-8-5-6-2-4-9-7(1)6/h1-3H. The summed E-state index contributed by atoms with van der Waals surface area (Å²) < 4.78 is 1.20. The van der Waals surface area contributed by atoms with E-state index in [1.807, 2.05) is 12.1 Å². The molecule has 0 aromatic carbocycles. The van der Waals surface area contributed by atoms with Crippen LogP contribution in [0.3, 0.4) is 0 Å². The highest BCUT2D eigenvalue weighted by Gasteiger charge is 1.90. The summed E-state index contributed by atoms with van der Waals surface area (Å²) >= 11 is 1.59. The van der Waals surface area contributed by atoms with Crippen LogP contribution in [-0.4, -0.2) is 4.98 Å². The van der Waals surface area contributed by atoms with Gasteiger partial charge >= 0.3 is 0 Å². The van der Waals surface area contributed by atoms with Crippen molar-refractivity contribution in [2.45, 2.75) is 0 Å². The van der Waals surface area contributed by atoms with Crippen molar-refractivity contribution >= 4 is 21.4 Å². The largest absolute Gasteiger partial charge is 0.254 e. The molecule has 0 amide bonds. The molecule has 0 saturated carbocycles. The fourth-order valence-electron chi connectivity index (χ4n) is 0.701. The third-order valence-corrected chi connectivity index (χ3v) is 1.93. The minimum absolute atomic E-state index is 1.06. The molecule has 0 fully saturated rings. The van der Waals surface area contributed by atoms with Crippen molar-refractivity contribution in [2.75, 3.05) is 0 Å². The van der Waals surface area contributed by atoms with Crippen molar-refractivity contribution in [1.82, 2.24) is 4.98 Å². The van der Waals surface area contributed by atoms with Gasteiger partial charge in [0.1, 0.15) is 0 Å². The Morgan fingerprint density at radius 2 is 2.56 bits per heavy atom. The Balaban J connectivity index is 2.95. The number of pyridine rings is 1. The molecule has 0 aliphatic carbocycles. The first kappa shape index (κ1) is 4.94. The lowest BCUT2D eigenvalue weighted by atomic mass is 10.4. The van der Waals surface area contributed by atoms with Gasteiger partial charge in [0.15, 0.2) is 0 Å². The van der Waals surface area contributed by atoms with Crippen molar-refractivity contribution in [3.63, 3.8) is 0 Å². The van der Waals surface area contributed by atoms with Crippen molar-refractivity contribution < 1.29 is 0 Å². The zero-order valence-corrected chi connectivity index (χ0v) is 5.40. The van der Waals surface area contributed by atoms with E-state index in [2.05, 4.69) is 16.6 Å². The first-order valence-corrected chi connectivity index (χ1v) is 3.41. The van der Waals surface area contributed by atoms with Crippen LogP contribution in [0.1, 0.15) is 0 Å². The summed E-state index contributed by atoms with van der Waals surface area (Å²) in [5, 5.41) is 4.07. The smallest absolute Gasteiger partial charge is 0.0979 e. The highest BCUT2D eigenvalue weighted by atomic mass is 32.1. The Labute approximate surface area is 57.0 Å². The molecule has 2 aromatic heterocycles. The summed E-state index contributed by atoms with van der Waals surface area (Å²) in [7, 11) is 0. The van der Waals surface area contributed by atoms with Crippen molar-refractivity contribution in [3.05, 3.63) is 29.9 Å². The van der Waals surface area contributed by atoms with Crippen LogP contribution in [0.5, 0.6) is 0 Å². The molecule has 0 aliphatic heterocycles. The normalized spacial score (nSPS) is 10.2. The minimum atomic E-state index is 1.06. The SMILES string of the molecule is [c]1cc2[c]nccc2s1. The third-order valence-electron chi connectivity index (χ3n) is 1.12. The summed E-state index contributed by atoms with van der Waals surface area (Å²) in [6, 6.07) is 3.86. The van der Waals surface area contributed by atoms with Crippen LogP contribution >= 0.6 is 11.3 Å². The Hall–Kier alpha value is -0.890. The average molecular weight is 133 g/mol. The summed E-state index contributed by atoms with van der Waals surface area (Å²) in [6.45, 7) is 0. The average Bonchev–Trinajstić information content (AvgIpc) is 2.33. The molecule has 9 heavy (non-hydrogen) atoms. The number of thiophene rings is 1. The van der Waals surface area contributed by atoms with Crippen LogP contribution in [0.15, 0.2) is 18.3 Å². The van der Waals surface area contributed by atoms with E-state index in [9.17, 15) is 0 Å². The van der Waals surface area contributed by atoms with Gasteiger partial charge in [-0.1, -0.05) is 0 Å². The van der Waals surface area contributed by atoms with E-state index >= 15 is 0 Å². The lowest BCUT2D eigenvalue weighted by Crippen LogP contribution is -1.65. The quantitative estimate of drug-likeness (QED) is 0.534. The molecule has 2 heteroatoms. The van der Waals surface area contributed by atoms with Gasteiger partial charge in [0, 0.05) is 21.7 Å². The van der Waals surface area contributed by atoms with Gasteiger partial charge in [-0.05, 0) is 12.1 Å². The zero-order valence-electron chi connectivity index (χ0n) is 4.59. The monoisotopic (exact) mass is 133 g/mol. The number of hydrogen-bond acceptors (Lipinski definition) is 2. The molecule has 0 N–H and O–H groups in total. The molecule has 2 heterocycles. The van der Waals surface area contributed by atoms with Crippen LogP contribution in [0.2, 0.25) is 0 Å². The Bertz CT molecular complexity index is 283. The maximum absolute atomic E-state index is 3.85. The van der Waals surface area contributed by atoms with E-state index < -0.39 is 0 Å². The fraction of sp³-hybridized carbons (Fsp3) is 0. The van der Waals surface area contributed by atoms with E-state index in [1.165, 1.54) is 4.70 Å². The van der Waals surface area contributed by atoms with E-state index in [4.69, 9.17) is 0 Å². The van der Waals surface area contributed by atoms with Crippen LogP contribution in [0.4, 0.5) is 0 Å². The second-order valence-electron chi connectivity index (χ2n) is 1.70. The van der Waals surface area contributed by atoms with Crippen LogP contribution in [-0.2, 0) is 0 Å². The highest BCUT2D eigenvalue weighted by molar-refractivity contribution is 7.16. The third kappa shape index (κ3) is 0.715. The van der Waals surface area contributed by atoms with Crippen molar-refractivity contribution in [1.29, 1.82) is 0 Å². The first-order chi connectivity index (χ1) is 4.47. The summed E-state index contributed by atoms with van der Waals surface area (Å²) in [4.78, 5) is 3.85. The number of nitrogens with zero attached hydrogens (tertiary/aromatic N) is 1. The van der Waals surface area contributed by atoms with Crippen LogP contribution in [0.25, 0.3) is 10.1 Å². The van der Waals surface area contributed by atoms with Gasteiger partial charge in [0.2, 0.25) is 0 Å². The second-order valence-corrected chi connectivity index (χ2v) is 2.58. The predicted molar refractivity (Wildman–Crippen MR) is 37.3 cm³/mol. The minimum Gasteiger partial charge on any atom is -0.254 e. The molecule has 0 aliphatic rings. The molecule has 0 atom stereocenters. The molecule has 2 radical (unpaired) electrons. The zero-order chi connectivity index (χ0) is 6.10. The van der Waals surface area contributed by atoms with E-state index in [1.54, 1.807) is 17.5 Å². The van der Waals surface area contributed by atoms with Gasteiger partial charge < -0.3 is 0 Å². The number of aromatic nitrogens is 1. The van der Waals surface area contributed by atoms with Crippen molar-refractivity contribution in [3.8, 4) is 0 Å². The fourth-order valence-corrected chi connectivity index (χ4v) is 1.35. The van der Waals surface area contributed by atoms with Gasteiger partial charge in [-0.3, -0.25) is 4.98 Å². The Morgan fingerprint density at radius 1 is 1.56 bits per heavy atom. The van der Waals surface area contributed by atoms with Crippen LogP contribution in [0, 0.1) is 11.6 Å². The van der Waals surface area contributed by atoms with Crippen LogP contribution < -0.4 is 0 Å². The summed E-state index contributed by atoms with van der Waals surface area (Å²) in [5.41, 5.74) is 0. The van der Waals surface area contributed by atoms with E-state index in [-0.39, 0.29) is 0 Å². The number of rotatable bonds is 0. The van der Waals surface area contributed by atoms with Gasteiger partial charge in [-0.25, -0.2) is 0 Å². The molecule has 0 bridgehead atoms. The second kappa shape index (κ2) is 1.81. The molecule has 42 valence electrons. The highest BCUT2D eigenvalue weighted by Crippen LogP contribution is 2.16. The molecule has 0 saturated heterocycles. The van der Waals surface area contributed by atoms with Gasteiger partial charge in [-0.15, -0.1) is 11.3 Å². The number of fused-ring (bicyclic) bond motifs is 1. The lowest BCUT2D eigenvalue weighted by molar-refractivity contribution is 1.35. The molecule has 0 spiro atoms. The maximum atomic E-state index is 3.85. The predicted octanol–water partition coefficient (Wildman–Crippen LogP) is 1.90. The van der Waals surface area contributed by atoms with Crippen molar-refractivity contribution in [2.24, 2.45) is 0 Å². The maximum Gasteiger partial charge on any atom is 0.0979 e. The van der Waals surface area contributed by atoms with E-state index in [0.29, 0.717) is 0 Å². The van der Waals surface area contributed by atoms with E-state index in [0.717, 1.165) is 5.39 Å².